The quantitative estimate of drug-likeness (QED) is 0.768. The number of ether oxygens (including phenoxy) is 2. The minimum absolute atomic E-state index is 0.0812. The molecular weight excluding hydrogens is 210 g/mol. The summed E-state index contributed by atoms with van der Waals surface area (Å²) in [7, 11) is 1.76. The lowest BCUT2D eigenvalue weighted by Gasteiger charge is -2.26. The van der Waals surface area contributed by atoms with E-state index in [4.69, 9.17) is 9.47 Å². The van der Waals surface area contributed by atoms with Crippen LogP contribution in [0.2, 0.25) is 0 Å². The van der Waals surface area contributed by atoms with Crippen molar-refractivity contribution in [1.29, 1.82) is 0 Å². The third-order valence-electron chi connectivity index (χ3n) is 2.38. The lowest BCUT2D eigenvalue weighted by molar-refractivity contribution is -0.0806. The van der Waals surface area contributed by atoms with Gasteiger partial charge in [0, 0.05) is 7.05 Å². The molecular formula is C9H11N5O2. The molecule has 3 heterocycles. The predicted molar refractivity (Wildman–Crippen MR) is 56.5 cm³/mol. The first-order valence-corrected chi connectivity index (χ1v) is 5.00. The van der Waals surface area contributed by atoms with E-state index < -0.39 is 0 Å². The average Bonchev–Trinajstić information content (AvgIpc) is 2.70. The molecule has 0 atom stereocenters. The lowest BCUT2D eigenvalue weighted by Crippen LogP contribution is -2.38. The van der Waals surface area contributed by atoms with E-state index in [1.807, 2.05) is 0 Å². The number of hydrogen-bond acceptors (Lipinski definition) is 6. The minimum Gasteiger partial charge on any atom is -0.469 e. The van der Waals surface area contributed by atoms with Crippen LogP contribution in [0.15, 0.2) is 6.20 Å². The SMILES string of the molecule is CNc1nc(OC2COC2)c2cn[nH]c2n1. The van der Waals surface area contributed by atoms with Gasteiger partial charge in [0.2, 0.25) is 11.8 Å². The first-order chi connectivity index (χ1) is 7.86. The van der Waals surface area contributed by atoms with Crippen molar-refractivity contribution in [2.45, 2.75) is 6.10 Å². The van der Waals surface area contributed by atoms with Crippen LogP contribution < -0.4 is 10.1 Å². The number of aromatic nitrogens is 4. The number of anilines is 1. The Labute approximate surface area is 91.2 Å². The third-order valence-corrected chi connectivity index (χ3v) is 2.38. The van der Waals surface area contributed by atoms with E-state index in [1.165, 1.54) is 0 Å². The molecule has 1 aliphatic heterocycles. The number of fused-ring (bicyclic) bond motifs is 1. The standard InChI is InChI=1S/C9H11N5O2/c1-10-9-12-7-6(2-11-14-7)8(13-9)16-5-3-15-4-5/h2,5H,3-4H2,1H3,(H2,10,11,12,13,14). The van der Waals surface area contributed by atoms with Crippen LogP contribution in [0.25, 0.3) is 11.0 Å². The maximum absolute atomic E-state index is 5.69. The summed E-state index contributed by atoms with van der Waals surface area (Å²) in [4.78, 5) is 8.47. The summed E-state index contributed by atoms with van der Waals surface area (Å²) in [6, 6.07) is 0. The summed E-state index contributed by atoms with van der Waals surface area (Å²) in [5.74, 6) is 1.04. The predicted octanol–water partition coefficient (Wildman–Crippen LogP) is 0.172. The maximum atomic E-state index is 5.69. The van der Waals surface area contributed by atoms with Gasteiger partial charge in [0.1, 0.15) is 11.5 Å². The van der Waals surface area contributed by atoms with E-state index in [0.717, 1.165) is 5.39 Å². The average molecular weight is 221 g/mol. The Kier molecular flexibility index (Phi) is 2.10. The van der Waals surface area contributed by atoms with Gasteiger partial charge in [-0.1, -0.05) is 0 Å². The topological polar surface area (TPSA) is 85.0 Å². The van der Waals surface area contributed by atoms with E-state index in [2.05, 4.69) is 25.5 Å². The molecule has 1 saturated heterocycles. The lowest BCUT2D eigenvalue weighted by atomic mass is 10.3. The number of aromatic amines is 1. The Morgan fingerprint density at radius 1 is 1.50 bits per heavy atom. The first-order valence-electron chi connectivity index (χ1n) is 5.00. The van der Waals surface area contributed by atoms with Gasteiger partial charge >= 0.3 is 0 Å². The van der Waals surface area contributed by atoms with E-state index in [1.54, 1.807) is 13.2 Å². The van der Waals surface area contributed by atoms with Gasteiger partial charge in [0.15, 0.2) is 5.65 Å². The van der Waals surface area contributed by atoms with Crippen molar-refractivity contribution in [2.24, 2.45) is 0 Å². The number of rotatable bonds is 3. The summed E-state index contributed by atoms with van der Waals surface area (Å²) in [5.41, 5.74) is 0.662. The highest BCUT2D eigenvalue weighted by molar-refractivity contribution is 5.80. The fourth-order valence-electron chi connectivity index (χ4n) is 1.45. The third kappa shape index (κ3) is 1.45. The van der Waals surface area contributed by atoms with Gasteiger partial charge in [0.25, 0.3) is 0 Å². The van der Waals surface area contributed by atoms with Gasteiger partial charge in [-0.15, -0.1) is 0 Å². The second kappa shape index (κ2) is 3.60. The number of nitrogens with zero attached hydrogens (tertiary/aromatic N) is 3. The Hall–Kier alpha value is -1.89. The Balaban J connectivity index is 2.01. The van der Waals surface area contributed by atoms with Gasteiger partial charge in [-0.2, -0.15) is 15.1 Å². The largest absolute Gasteiger partial charge is 0.469 e. The molecule has 2 N–H and O–H groups in total. The highest BCUT2D eigenvalue weighted by atomic mass is 16.6. The molecule has 0 aliphatic carbocycles. The molecule has 0 bridgehead atoms. The summed E-state index contributed by atoms with van der Waals surface area (Å²) >= 11 is 0. The van der Waals surface area contributed by atoms with Crippen molar-refractivity contribution in [3.8, 4) is 5.88 Å². The van der Waals surface area contributed by atoms with Gasteiger partial charge in [-0.3, -0.25) is 5.10 Å². The van der Waals surface area contributed by atoms with Gasteiger partial charge < -0.3 is 14.8 Å². The Morgan fingerprint density at radius 3 is 3.06 bits per heavy atom. The maximum Gasteiger partial charge on any atom is 0.230 e. The van der Waals surface area contributed by atoms with E-state index in [-0.39, 0.29) is 6.10 Å². The van der Waals surface area contributed by atoms with Gasteiger partial charge in [-0.25, -0.2) is 0 Å². The van der Waals surface area contributed by atoms with Crippen molar-refractivity contribution in [1.82, 2.24) is 20.2 Å². The molecule has 0 amide bonds. The molecule has 7 heteroatoms. The molecule has 16 heavy (non-hydrogen) atoms. The molecule has 2 aromatic rings. The highest BCUT2D eigenvalue weighted by Gasteiger charge is 2.22. The Bertz CT molecular complexity index is 508. The van der Waals surface area contributed by atoms with Crippen LogP contribution in [0.4, 0.5) is 5.95 Å². The van der Waals surface area contributed by atoms with Crippen LogP contribution in [0.3, 0.4) is 0 Å². The summed E-state index contributed by atoms with van der Waals surface area (Å²) in [6.07, 6.45) is 1.74. The first kappa shape index (κ1) is 9.34. The molecule has 0 spiro atoms. The molecule has 0 unspecified atom stereocenters. The van der Waals surface area contributed by atoms with Crippen LogP contribution in [0.5, 0.6) is 5.88 Å². The van der Waals surface area contributed by atoms with Gasteiger partial charge in [0.05, 0.1) is 19.4 Å². The molecule has 7 nitrogen and oxygen atoms in total. The zero-order valence-corrected chi connectivity index (χ0v) is 8.73. The normalized spacial score (nSPS) is 16.1. The molecule has 0 radical (unpaired) electrons. The monoisotopic (exact) mass is 221 g/mol. The summed E-state index contributed by atoms with van der Waals surface area (Å²) in [6.45, 7) is 1.22. The van der Waals surface area contributed by atoms with Crippen molar-refractivity contribution in [3.63, 3.8) is 0 Å². The molecule has 1 fully saturated rings. The molecule has 3 rings (SSSR count). The molecule has 1 aliphatic rings. The fourth-order valence-corrected chi connectivity index (χ4v) is 1.45. The Morgan fingerprint density at radius 2 is 2.38 bits per heavy atom. The zero-order valence-electron chi connectivity index (χ0n) is 8.73. The smallest absolute Gasteiger partial charge is 0.230 e. The van der Waals surface area contributed by atoms with Gasteiger partial charge in [-0.05, 0) is 0 Å². The van der Waals surface area contributed by atoms with Crippen molar-refractivity contribution in [3.05, 3.63) is 6.20 Å². The van der Waals surface area contributed by atoms with Crippen LogP contribution in [-0.2, 0) is 4.74 Å². The number of hydrogen-bond donors (Lipinski definition) is 2. The zero-order chi connectivity index (χ0) is 11.0. The van der Waals surface area contributed by atoms with E-state index in [0.29, 0.717) is 30.7 Å². The molecule has 2 aromatic heterocycles. The summed E-state index contributed by atoms with van der Waals surface area (Å²) < 4.78 is 10.7. The number of H-pyrrole nitrogens is 1. The fraction of sp³-hybridized carbons (Fsp3) is 0.444. The van der Waals surface area contributed by atoms with E-state index >= 15 is 0 Å². The molecule has 84 valence electrons. The second-order valence-corrected chi connectivity index (χ2v) is 3.51. The van der Waals surface area contributed by atoms with Crippen molar-refractivity contribution < 1.29 is 9.47 Å². The van der Waals surface area contributed by atoms with Crippen LogP contribution >= 0.6 is 0 Å². The van der Waals surface area contributed by atoms with Crippen LogP contribution in [0, 0.1) is 0 Å². The van der Waals surface area contributed by atoms with Crippen molar-refractivity contribution >= 4 is 17.0 Å². The minimum atomic E-state index is 0.0812. The molecule has 0 saturated carbocycles. The summed E-state index contributed by atoms with van der Waals surface area (Å²) in [5, 5.41) is 10.4. The second-order valence-electron chi connectivity index (χ2n) is 3.51. The van der Waals surface area contributed by atoms with Crippen molar-refractivity contribution in [2.75, 3.05) is 25.6 Å². The van der Waals surface area contributed by atoms with E-state index in [9.17, 15) is 0 Å². The molecule has 0 aromatic carbocycles. The van der Waals surface area contributed by atoms with Crippen LogP contribution in [0.1, 0.15) is 0 Å². The highest BCUT2D eigenvalue weighted by Crippen LogP contribution is 2.24. The number of nitrogens with one attached hydrogen (secondary N) is 2. The van der Waals surface area contributed by atoms with Crippen LogP contribution in [-0.4, -0.2) is 46.5 Å².